The number of methoxy groups -OCH3 is 1. The molecule has 0 radical (unpaired) electrons. The Morgan fingerprint density at radius 2 is 1.46 bits per heavy atom. The van der Waals surface area contributed by atoms with Gasteiger partial charge in [-0.1, -0.05) is 53.2 Å². The van der Waals surface area contributed by atoms with Crippen LogP contribution in [0.3, 0.4) is 0 Å². The highest BCUT2D eigenvalue weighted by Crippen LogP contribution is 2.21. The van der Waals surface area contributed by atoms with Gasteiger partial charge in [-0.25, -0.2) is 0 Å². The molecule has 3 aromatic rings. The van der Waals surface area contributed by atoms with Crippen LogP contribution in [-0.2, 0) is 0 Å². The second-order valence-corrected chi connectivity index (χ2v) is 6.09. The Balaban J connectivity index is 1.88. The van der Waals surface area contributed by atoms with E-state index < -0.39 is 12.1 Å². The highest BCUT2D eigenvalue weighted by Gasteiger charge is 2.39. The third-order valence-corrected chi connectivity index (χ3v) is 4.39. The molecule has 0 atom stereocenters. The summed E-state index contributed by atoms with van der Waals surface area (Å²) < 4.78 is 6.38. The minimum absolute atomic E-state index is 0.478. The number of carbonyl (C=O) groups excluding carboxylic acids is 1. The quantitative estimate of drug-likeness (QED) is 0.663. The number of hydrazone groups is 1. The molecule has 138 valence electrons. The third-order valence-electron chi connectivity index (χ3n) is 4.39. The van der Waals surface area contributed by atoms with Crippen molar-refractivity contribution < 1.29 is 19.3 Å². The molecular weight excluding hydrogens is 354 g/mol. The molecule has 6 nitrogen and oxygen atoms in total. The van der Waals surface area contributed by atoms with Gasteiger partial charge in [-0.2, -0.15) is 4.79 Å². The Morgan fingerprint density at radius 1 is 0.893 bits per heavy atom. The third kappa shape index (κ3) is 3.12. The van der Waals surface area contributed by atoms with Crippen LogP contribution < -0.4 is 14.7 Å². The van der Waals surface area contributed by atoms with Crippen LogP contribution in [-0.4, -0.2) is 29.6 Å². The zero-order valence-electron chi connectivity index (χ0n) is 15.1. The van der Waals surface area contributed by atoms with Crippen LogP contribution in [0, 0.1) is 0 Å². The normalized spacial score (nSPS) is 15.4. The van der Waals surface area contributed by atoms with Gasteiger partial charge in [0.25, 0.3) is 0 Å². The zero-order chi connectivity index (χ0) is 19.5. The number of rotatable bonds is 4. The molecule has 0 aliphatic carbocycles. The van der Waals surface area contributed by atoms with Gasteiger partial charge in [0.1, 0.15) is 11.4 Å². The molecule has 1 heterocycles. The number of amides is 2. The van der Waals surface area contributed by atoms with E-state index in [1.165, 1.54) is 0 Å². The van der Waals surface area contributed by atoms with E-state index in [1.54, 1.807) is 43.5 Å². The van der Waals surface area contributed by atoms with E-state index in [4.69, 9.17) is 4.74 Å². The van der Waals surface area contributed by atoms with Gasteiger partial charge in [-0.3, -0.25) is 0 Å². The van der Waals surface area contributed by atoms with Crippen LogP contribution in [0.2, 0.25) is 0 Å². The topological polar surface area (TPSA) is 68.0 Å². The number of nitrogens with zero attached hydrogens (tertiary/aromatic N) is 3. The van der Waals surface area contributed by atoms with Gasteiger partial charge in [0.2, 0.25) is 6.02 Å². The SMILES string of the molecule is COc1ccc(/C(c2ccccc2)=[N+]2\N=C([O-])N(c3ccccc3)C2=O)cc1. The first-order valence-electron chi connectivity index (χ1n) is 8.70. The molecule has 0 unspecified atom stereocenters. The predicted octanol–water partition coefficient (Wildman–Crippen LogP) is 2.82. The van der Waals surface area contributed by atoms with E-state index in [-0.39, 0.29) is 0 Å². The largest absolute Gasteiger partial charge is 0.824 e. The second-order valence-electron chi connectivity index (χ2n) is 6.09. The first-order chi connectivity index (χ1) is 13.7. The van der Waals surface area contributed by atoms with Crippen molar-refractivity contribution in [1.82, 2.24) is 0 Å². The molecule has 6 heteroatoms. The van der Waals surface area contributed by atoms with Crippen molar-refractivity contribution in [2.75, 3.05) is 12.0 Å². The molecule has 0 N–H and O–H groups in total. The standard InChI is InChI=1S/C22H17N3O3/c1-28-19-14-12-17(13-15-19)20(16-8-4-2-5-9-16)25-22(27)24(21(26)23-25)18-10-6-3-7-11-18/h2-15H,1H3/b25-20-. The molecule has 3 aromatic carbocycles. The van der Waals surface area contributed by atoms with E-state index in [0.29, 0.717) is 17.1 Å². The summed E-state index contributed by atoms with van der Waals surface area (Å²) in [7, 11) is 1.59. The molecule has 0 saturated carbocycles. The summed E-state index contributed by atoms with van der Waals surface area (Å²) in [5.74, 6) is 0.697. The van der Waals surface area contributed by atoms with Crippen molar-refractivity contribution in [1.29, 1.82) is 0 Å². The number of hydrogen-bond donors (Lipinski definition) is 0. The van der Waals surface area contributed by atoms with Crippen molar-refractivity contribution in [2.45, 2.75) is 0 Å². The zero-order valence-corrected chi connectivity index (χ0v) is 15.1. The Morgan fingerprint density at radius 3 is 2.07 bits per heavy atom. The van der Waals surface area contributed by atoms with Crippen LogP contribution >= 0.6 is 0 Å². The maximum Gasteiger partial charge on any atom is 0.530 e. The predicted molar refractivity (Wildman–Crippen MR) is 105 cm³/mol. The lowest BCUT2D eigenvalue weighted by Crippen LogP contribution is -2.40. The summed E-state index contributed by atoms with van der Waals surface area (Å²) in [4.78, 5) is 14.2. The average Bonchev–Trinajstić information content (AvgIpc) is 3.04. The maximum absolute atomic E-state index is 13.1. The lowest BCUT2D eigenvalue weighted by atomic mass is 10.0. The number of hydrogen-bond acceptors (Lipinski definition) is 4. The van der Waals surface area contributed by atoms with Crippen LogP contribution in [0.25, 0.3) is 0 Å². The molecule has 0 aromatic heterocycles. The van der Waals surface area contributed by atoms with Gasteiger partial charge in [0, 0.05) is 11.1 Å². The molecule has 0 saturated heterocycles. The summed E-state index contributed by atoms with van der Waals surface area (Å²) in [6, 6.07) is 24.3. The Labute approximate surface area is 162 Å². The molecule has 1 aliphatic rings. The molecule has 0 bridgehead atoms. The molecule has 4 rings (SSSR count). The number of urea groups is 1. The average molecular weight is 371 g/mol. The van der Waals surface area contributed by atoms with E-state index in [2.05, 4.69) is 5.10 Å². The Bertz CT molecular complexity index is 1060. The minimum Gasteiger partial charge on any atom is -0.824 e. The fourth-order valence-corrected chi connectivity index (χ4v) is 3.05. The van der Waals surface area contributed by atoms with Crippen molar-refractivity contribution in [2.24, 2.45) is 5.10 Å². The summed E-state index contributed by atoms with van der Waals surface area (Å²) >= 11 is 0. The van der Waals surface area contributed by atoms with E-state index >= 15 is 0 Å². The Kier molecular flexibility index (Phi) is 4.60. The highest BCUT2D eigenvalue weighted by atomic mass is 16.5. The van der Waals surface area contributed by atoms with Crippen LogP contribution in [0.15, 0.2) is 90.0 Å². The molecule has 2 amide bonds. The summed E-state index contributed by atoms with van der Waals surface area (Å²) in [5, 5.41) is 16.6. The minimum atomic E-state index is -0.627. The highest BCUT2D eigenvalue weighted by molar-refractivity contribution is 6.17. The lowest BCUT2D eigenvalue weighted by molar-refractivity contribution is -0.427. The lowest BCUT2D eigenvalue weighted by Gasteiger charge is -2.11. The number of ether oxygens (including phenoxy) is 1. The fraction of sp³-hybridized carbons (Fsp3) is 0.0455. The molecular formula is C22H17N3O3. The monoisotopic (exact) mass is 371 g/mol. The fourth-order valence-electron chi connectivity index (χ4n) is 3.05. The van der Waals surface area contributed by atoms with Crippen LogP contribution in [0.5, 0.6) is 5.75 Å². The maximum atomic E-state index is 13.1. The van der Waals surface area contributed by atoms with Crippen LogP contribution in [0.4, 0.5) is 10.5 Å². The van der Waals surface area contributed by atoms with Gasteiger partial charge in [0.15, 0.2) is 5.71 Å². The van der Waals surface area contributed by atoms with Crippen molar-refractivity contribution in [3.63, 3.8) is 0 Å². The van der Waals surface area contributed by atoms with E-state index in [9.17, 15) is 9.90 Å². The van der Waals surface area contributed by atoms with Gasteiger partial charge in [-0.15, -0.1) is 4.90 Å². The first-order valence-corrected chi connectivity index (χ1v) is 8.70. The summed E-state index contributed by atoms with van der Waals surface area (Å²) in [6.07, 6.45) is 0. The molecule has 28 heavy (non-hydrogen) atoms. The molecule has 1 aliphatic heterocycles. The number of benzene rings is 3. The number of amidine groups is 1. The van der Waals surface area contributed by atoms with E-state index in [0.717, 1.165) is 20.7 Å². The van der Waals surface area contributed by atoms with Gasteiger partial charge in [-0.05, 0) is 41.5 Å². The van der Waals surface area contributed by atoms with Crippen molar-refractivity contribution >= 4 is 23.5 Å². The summed E-state index contributed by atoms with van der Waals surface area (Å²) in [5.41, 5.74) is 2.52. The number of para-hydroxylation sites is 1. The number of carbonyl (C=O) groups is 1. The van der Waals surface area contributed by atoms with Crippen LogP contribution in [0.1, 0.15) is 11.1 Å². The number of anilines is 1. The molecule has 0 fully saturated rings. The smallest absolute Gasteiger partial charge is 0.530 e. The molecule has 0 spiro atoms. The first kappa shape index (κ1) is 17.5. The van der Waals surface area contributed by atoms with Gasteiger partial charge < -0.3 is 9.84 Å². The Hall–Kier alpha value is -3.93. The van der Waals surface area contributed by atoms with Crippen molar-refractivity contribution in [3.05, 3.63) is 96.1 Å². The second kappa shape index (κ2) is 7.36. The summed E-state index contributed by atoms with van der Waals surface area (Å²) in [6.45, 7) is 0. The van der Waals surface area contributed by atoms with Gasteiger partial charge >= 0.3 is 6.03 Å². The van der Waals surface area contributed by atoms with E-state index in [1.807, 2.05) is 48.5 Å². The van der Waals surface area contributed by atoms with Gasteiger partial charge in [0.05, 0.1) is 7.11 Å². The van der Waals surface area contributed by atoms with Crippen molar-refractivity contribution in [3.8, 4) is 5.75 Å².